The van der Waals surface area contributed by atoms with Crippen molar-refractivity contribution < 1.29 is 9.59 Å². The molecule has 0 spiro atoms. The van der Waals surface area contributed by atoms with Gasteiger partial charge < -0.3 is 0 Å². The number of amides is 2. The van der Waals surface area contributed by atoms with Crippen LogP contribution in [0.3, 0.4) is 0 Å². The predicted octanol–water partition coefficient (Wildman–Crippen LogP) is 3.31. The van der Waals surface area contributed by atoms with E-state index in [1.54, 1.807) is 13.8 Å². The highest BCUT2D eigenvalue weighted by atomic mass is 32.2. The van der Waals surface area contributed by atoms with Crippen molar-refractivity contribution in [3.8, 4) is 0 Å². The summed E-state index contributed by atoms with van der Waals surface area (Å²) in [6.45, 7) is 9.76. The number of benzene rings is 1. The molecule has 6 heteroatoms. The fourth-order valence-corrected chi connectivity index (χ4v) is 3.39. The highest BCUT2D eigenvalue weighted by molar-refractivity contribution is 7.99. The molecule has 0 bridgehead atoms. The third-order valence-electron chi connectivity index (χ3n) is 3.86. The minimum Gasteiger partial charge on any atom is -0.273 e. The van der Waals surface area contributed by atoms with E-state index in [2.05, 4.69) is 49.8 Å². The second kappa shape index (κ2) is 8.34. The van der Waals surface area contributed by atoms with E-state index >= 15 is 0 Å². The molecular weight excluding hydrogens is 334 g/mol. The smallest absolute Gasteiger partial charge is 0.248 e. The number of nitrogens with zero attached hydrogens (tertiary/aromatic N) is 1. The van der Waals surface area contributed by atoms with Crippen LogP contribution in [-0.4, -0.2) is 22.6 Å². The summed E-state index contributed by atoms with van der Waals surface area (Å²) < 4.78 is 0. The van der Waals surface area contributed by atoms with E-state index in [-0.39, 0.29) is 23.5 Å². The molecule has 0 aliphatic carbocycles. The summed E-state index contributed by atoms with van der Waals surface area (Å²) in [7, 11) is 0. The van der Waals surface area contributed by atoms with Crippen molar-refractivity contribution in [3.05, 3.63) is 34.9 Å². The van der Waals surface area contributed by atoms with Crippen molar-refractivity contribution in [2.45, 2.75) is 46.1 Å². The van der Waals surface area contributed by atoms with Crippen molar-refractivity contribution in [3.63, 3.8) is 0 Å². The SMILES string of the molecule is CCc1cc2cc(C)cc(C)c2nc1SCC(=O)NNC(=O)C(C)C. The Labute approximate surface area is 152 Å². The quantitative estimate of drug-likeness (QED) is 0.635. The summed E-state index contributed by atoms with van der Waals surface area (Å²) >= 11 is 1.39. The number of rotatable bonds is 5. The summed E-state index contributed by atoms with van der Waals surface area (Å²) in [4.78, 5) is 28.2. The molecule has 0 saturated carbocycles. The van der Waals surface area contributed by atoms with Gasteiger partial charge in [0.2, 0.25) is 11.8 Å². The van der Waals surface area contributed by atoms with E-state index in [0.717, 1.165) is 33.5 Å². The summed E-state index contributed by atoms with van der Waals surface area (Å²) in [5, 5.41) is 2.00. The van der Waals surface area contributed by atoms with E-state index in [0.29, 0.717) is 0 Å². The van der Waals surface area contributed by atoms with E-state index in [4.69, 9.17) is 4.98 Å². The molecule has 0 aliphatic heterocycles. The molecule has 134 valence electrons. The van der Waals surface area contributed by atoms with Gasteiger partial charge in [-0.2, -0.15) is 0 Å². The van der Waals surface area contributed by atoms with Gasteiger partial charge in [0.25, 0.3) is 0 Å². The number of hydrogen-bond acceptors (Lipinski definition) is 4. The van der Waals surface area contributed by atoms with Crippen molar-refractivity contribution in [1.29, 1.82) is 0 Å². The minimum absolute atomic E-state index is 0.173. The normalized spacial score (nSPS) is 11.0. The van der Waals surface area contributed by atoms with Gasteiger partial charge in [-0.15, -0.1) is 0 Å². The lowest BCUT2D eigenvalue weighted by Crippen LogP contribution is -2.44. The predicted molar refractivity (Wildman–Crippen MR) is 102 cm³/mol. The molecule has 0 radical (unpaired) electrons. The topological polar surface area (TPSA) is 71.1 Å². The van der Waals surface area contributed by atoms with Gasteiger partial charge >= 0.3 is 0 Å². The number of pyridine rings is 1. The van der Waals surface area contributed by atoms with Gasteiger partial charge in [-0.3, -0.25) is 20.4 Å². The van der Waals surface area contributed by atoms with Crippen LogP contribution < -0.4 is 10.9 Å². The Morgan fingerprint density at radius 3 is 2.52 bits per heavy atom. The molecule has 0 atom stereocenters. The molecule has 25 heavy (non-hydrogen) atoms. The largest absolute Gasteiger partial charge is 0.273 e. The fourth-order valence-electron chi connectivity index (χ4n) is 2.50. The maximum atomic E-state index is 11.9. The van der Waals surface area contributed by atoms with Crippen LogP contribution in [0.1, 0.15) is 37.5 Å². The number of hydrazine groups is 1. The number of carbonyl (C=O) groups is 2. The van der Waals surface area contributed by atoms with E-state index in [1.807, 2.05) is 0 Å². The zero-order chi connectivity index (χ0) is 18.6. The average molecular weight is 359 g/mol. The Morgan fingerprint density at radius 2 is 1.88 bits per heavy atom. The van der Waals surface area contributed by atoms with Crippen LogP contribution in [0.2, 0.25) is 0 Å². The minimum atomic E-state index is -0.247. The molecular formula is C19H25N3O2S. The lowest BCUT2D eigenvalue weighted by molar-refractivity contribution is -0.129. The van der Waals surface area contributed by atoms with Crippen LogP contribution in [-0.2, 0) is 16.0 Å². The Hall–Kier alpha value is -2.08. The molecule has 5 nitrogen and oxygen atoms in total. The van der Waals surface area contributed by atoms with Crippen molar-refractivity contribution in [2.24, 2.45) is 5.92 Å². The number of aromatic nitrogens is 1. The number of thioether (sulfide) groups is 1. The van der Waals surface area contributed by atoms with Gasteiger partial charge in [0.1, 0.15) is 5.03 Å². The van der Waals surface area contributed by atoms with Crippen molar-refractivity contribution in [1.82, 2.24) is 15.8 Å². The maximum Gasteiger partial charge on any atom is 0.248 e. The standard InChI is InChI=1S/C19H25N3O2S/c1-6-14-9-15-8-12(4)7-13(5)17(15)20-19(14)25-10-16(23)21-22-18(24)11(2)3/h7-9,11H,6,10H2,1-5H3,(H,21,23)(H,22,24). The second-order valence-corrected chi connectivity index (χ2v) is 7.40. The third-order valence-corrected chi connectivity index (χ3v) is 4.90. The number of hydrogen-bond donors (Lipinski definition) is 2. The summed E-state index contributed by atoms with van der Waals surface area (Å²) in [5.41, 5.74) is 9.31. The molecule has 1 aromatic heterocycles. The number of carbonyl (C=O) groups excluding carboxylic acids is 2. The Balaban J connectivity index is 2.12. The molecule has 2 aromatic rings. The molecule has 0 aliphatic rings. The van der Waals surface area contributed by atoms with Gasteiger partial charge in [0.15, 0.2) is 0 Å². The second-order valence-electron chi connectivity index (χ2n) is 6.44. The Bertz CT molecular complexity index is 803. The molecule has 0 saturated heterocycles. The summed E-state index contributed by atoms with van der Waals surface area (Å²) in [6.07, 6.45) is 0.851. The first-order valence-corrected chi connectivity index (χ1v) is 9.42. The fraction of sp³-hybridized carbons (Fsp3) is 0.421. The Morgan fingerprint density at radius 1 is 1.16 bits per heavy atom. The Kier molecular flexibility index (Phi) is 6.42. The lowest BCUT2D eigenvalue weighted by atomic mass is 10.0. The van der Waals surface area contributed by atoms with Crippen molar-refractivity contribution >= 4 is 34.5 Å². The maximum absolute atomic E-state index is 11.9. The van der Waals surface area contributed by atoms with Gasteiger partial charge in [0.05, 0.1) is 11.3 Å². The van der Waals surface area contributed by atoms with Gasteiger partial charge in [-0.25, -0.2) is 4.98 Å². The third kappa shape index (κ3) is 4.95. The number of nitrogens with one attached hydrogen (secondary N) is 2. The number of aryl methyl sites for hydroxylation is 3. The lowest BCUT2D eigenvalue weighted by Gasteiger charge is -2.12. The molecule has 0 unspecified atom stereocenters. The molecule has 1 heterocycles. The molecule has 2 amide bonds. The summed E-state index contributed by atoms with van der Waals surface area (Å²) in [6, 6.07) is 6.41. The average Bonchev–Trinajstić information content (AvgIpc) is 2.56. The van der Waals surface area contributed by atoms with E-state index in [9.17, 15) is 9.59 Å². The zero-order valence-electron chi connectivity index (χ0n) is 15.4. The van der Waals surface area contributed by atoms with Crippen LogP contribution in [0.5, 0.6) is 0 Å². The highest BCUT2D eigenvalue weighted by Crippen LogP contribution is 2.27. The summed E-state index contributed by atoms with van der Waals surface area (Å²) in [5.74, 6) is -0.423. The first kappa shape index (κ1) is 19.2. The van der Waals surface area contributed by atoms with E-state index < -0.39 is 0 Å². The van der Waals surface area contributed by atoms with Gasteiger partial charge in [0, 0.05) is 11.3 Å². The first-order chi connectivity index (χ1) is 11.8. The highest BCUT2D eigenvalue weighted by Gasteiger charge is 2.12. The molecule has 2 N–H and O–H groups in total. The zero-order valence-corrected chi connectivity index (χ0v) is 16.2. The molecule has 0 fully saturated rings. The van der Waals surface area contributed by atoms with Gasteiger partial charge in [-0.05, 0) is 43.5 Å². The van der Waals surface area contributed by atoms with Crippen LogP contribution in [0.15, 0.2) is 23.2 Å². The number of fused-ring (bicyclic) bond motifs is 1. The van der Waals surface area contributed by atoms with Crippen LogP contribution >= 0.6 is 11.8 Å². The van der Waals surface area contributed by atoms with Crippen LogP contribution in [0.25, 0.3) is 10.9 Å². The van der Waals surface area contributed by atoms with Gasteiger partial charge in [-0.1, -0.05) is 44.2 Å². The van der Waals surface area contributed by atoms with Crippen molar-refractivity contribution in [2.75, 3.05) is 5.75 Å². The first-order valence-electron chi connectivity index (χ1n) is 8.44. The molecule has 1 aromatic carbocycles. The van der Waals surface area contributed by atoms with Crippen LogP contribution in [0.4, 0.5) is 0 Å². The van der Waals surface area contributed by atoms with E-state index in [1.165, 1.54) is 17.3 Å². The van der Waals surface area contributed by atoms with Crippen LogP contribution in [0, 0.1) is 19.8 Å². The molecule has 2 rings (SSSR count). The monoisotopic (exact) mass is 359 g/mol.